The first-order chi connectivity index (χ1) is 8.74. The molecule has 1 amide bonds. The molecule has 0 unspecified atom stereocenters. The summed E-state index contributed by atoms with van der Waals surface area (Å²) in [5.41, 5.74) is 0.944. The second-order valence-electron chi connectivity index (χ2n) is 3.58. The van der Waals surface area contributed by atoms with Gasteiger partial charge in [0.15, 0.2) is 11.6 Å². The van der Waals surface area contributed by atoms with Gasteiger partial charge in [-0.2, -0.15) is 0 Å². The van der Waals surface area contributed by atoms with Crippen molar-refractivity contribution >= 4 is 21.6 Å². The third kappa shape index (κ3) is 4.43. The number of primary sulfonamides is 1. The lowest BCUT2D eigenvalue weighted by molar-refractivity contribution is 0.0955. The van der Waals surface area contributed by atoms with Gasteiger partial charge in [0.05, 0.1) is 5.75 Å². The molecule has 0 saturated carbocycles. The standard InChI is InChI=1S/C9H12F2N4O3S/c10-6-3-5(4-7(11)8(6)15-12)9(16)14-1-2-19(13,17)18/h3-4,15H,1-2,12H2,(H,14,16)(H2,13,17,18). The van der Waals surface area contributed by atoms with Crippen LogP contribution in [0.2, 0.25) is 0 Å². The molecule has 0 saturated heterocycles. The topological polar surface area (TPSA) is 127 Å². The van der Waals surface area contributed by atoms with Crippen LogP contribution in [0.5, 0.6) is 0 Å². The Morgan fingerprint density at radius 2 is 1.79 bits per heavy atom. The SMILES string of the molecule is NNc1c(F)cc(C(=O)NCCS(N)(=O)=O)cc1F. The lowest BCUT2D eigenvalue weighted by Crippen LogP contribution is -2.31. The largest absolute Gasteiger partial charge is 0.351 e. The fourth-order valence-corrected chi connectivity index (χ4v) is 1.64. The maximum atomic E-state index is 13.3. The molecular formula is C9H12F2N4O3S. The number of carbonyl (C=O) groups excluding carboxylic acids is 1. The predicted molar refractivity (Wildman–Crippen MR) is 64.5 cm³/mol. The first-order valence-electron chi connectivity index (χ1n) is 4.99. The van der Waals surface area contributed by atoms with E-state index in [4.69, 9.17) is 11.0 Å². The van der Waals surface area contributed by atoms with E-state index in [0.717, 1.165) is 12.1 Å². The average molecular weight is 294 g/mol. The van der Waals surface area contributed by atoms with Gasteiger partial charge in [0.25, 0.3) is 5.91 Å². The van der Waals surface area contributed by atoms with Crippen LogP contribution in [-0.2, 0) is 10.0 Å². The Kier molecular flexibility index (Phi) is 4.75. The Labute approximate surface area is 108 Å². The van der Waals surface area contributed by atoms with Crippen molar-refractivity contribution in [3.8, 4) is 0 Å². The number of rotatable bonds is 5. The summed E-state index contributed by atoms with van der Waals surface area (Å²) < 4.78 is 47.9. The molecule has 0 fully saturated rings. The third-order valence-electron chi connectivity index (χ3n) is 2.12. The first-order valence-corrected chi connectivity index (χ1v) is 6.70. The van der Waals surface area contributed by atoms with E-state index < -0.39 is 39.0 Å². The zero-order valence-corrected chi connectivity index (χ0v) is 10.4. The second kappa shape index (κ2) is 5.91. The van der Waals surface area contributed by atoms with E-state index >= 15 is 0 Å². The maximum absolute atomic E-state index is 13.3. The van der Waals surface area contributed by atoms with Gasteiger partial charge in [-0.25, -0.2) is 22.3 Å². The zero-order chi connectivity index (χ0) is 14.6. The second-order valence-corrected chi connectivity index (χ2v) is 5.32. The summed E-state index contributed by atoms with van der Waals surface area (Å²) in [6, 6.07) is 1.54. The van der Waals surface area contributed by atoms with E-state index in [9.17, 15) is 22.0 Å². The van der Waals surface area contributed by atoms with Crippen molar-refractivity contribution in [3.05, 3.63) is 29.3 Å². The van der Waals surface area contributed by atoms with E-state index in [2.05, 4.69) is 5.32 Å². The molecule has 6 N–H and O–H groups in total. The van der Waals surface area contributed by atoms with Crippen LogP contribution in [0.15, 0.2) is 12.1 Å². The quantitative estimate of drug-likeness (QED) is 0.420. The van der Waals surface area contributed by atoms with Crippen LogP contribution < -0.4 is 21.7 Å². The number of sulfonamides is 1. The molecule has 0 heterocycles. The molecule has 10 heteroatoms. The van der Waals surface area contributed by atoms with E-state index in [1.54, 1.807) is 0 Å². The molecule has 0 bridgehead atoms. The van der Waals surface area contributed by atoms with Crippen LogP contribution in [0, 0.1) is 11.6 Å². The van der Waals surface area contributed by atoms with Gasteiger partial charge < -0.3 is 10.7 Å². The highest BCUT2D eigenvalue weighted by atomic mass is 32.2. The van der Waals surface area contributed by atoms with Crippen LogP contribution in [0.25, 0.3) is 0 Å². The van der Waals surface area contributed by atoms with Crippen molar-refractivity contribution in [1.29, 1.82) is 0 Å². The number of benzene rings is 1. The molecule has 0 aliphatic rings. The fraction of sp³-hybridized carbons (Fsp3) is 0.222. The van der Waals surface area contributed by atoms with E-state index in [-0.39, 0.29) is 12.1 Å². The number of amides is 1. The number of hydrazine groups is 1. The van der Waals surface area contributed by atoms with Crippen LogP contribution in [-0.4, -0.2) is 26.6 Å². The van der Waals surface area contributed by atoms with Crippen molar-refractivity contribution < 1.29 is 22.0 Å². The molecule has 0 aliphatic carbocycles. The molecule has 1 rings (SSSR count). The Bertz CT molecular complexity index is 568. The number of nitrogen functional groups attached to an aromatic ring is 1. The Morgan fingerprint density at radius 1 is 1.26 bits per heavy atom. The predicted octanol–water partition coefficient (Wildman–Crippen LogP) is -0.731. The number of hydrogen-bond acceptors (Lipinski definition) is 5. The number of hydrogen-bond donors (Lipinski definition) is 4. The maximum Gasteiger partial charge on any atom is 0.251 e. The van der Waals surface area contributed by atoms with Crippen molar-refractivity contribution in [1.82, 2.24) is 5.32 Å². The van der Waals surface area contributed by atoms with Gasteiger partial charge in [-0.15, -0.1) is 0 Å². The first kappa shape index (κ1) is 15.3. The van der Waals surface area contributed by atoms with Gasteiger partial charge in [-0.1, -0.05) is 0 Å². The minimum Gasteiger partial charge on any atom is -0.351 e. The van der Waals surface area contributed by atoms with Gasteiger partial charge in [0, 0.05) is 12.1 Å². The molecule has 0 spiro atoms. The lowest BCUT2D eigenvalue weighted by atomic mass is 10.1. The summed E-state index contributed by atoms with van der Waals surface area (Å²) in [4.78, 5) is 11.5. The van der Waals surface area contributed by atoms with Gasteiger partial charge in [-0.05, 0) is 12.1 Å². The van der Waals surface area contributed by atoms with Crippen molar-refractivity contribution in [3.63, 3.8) is 0 Å². The third-order valence-corrected chi connectivity index (χ3v) is 2.89. The zero-order valence-electron chi connectivity index (χ0n) is 9.61. The van der Waals surface area contributed by atoms with Gasteiger partial charge in [0.1, 0.15) is 5.69 Å². The summed E-state index contributed by atoms with van der Waals surface area (Å²) >= 11 is 0. The van der Waals surface area contributed by atoms with Crippen LogP contribution in [0.3, 0.4) is 0 Å². The van der Waals surface area contributed by atoms with E-state index in [1.807, 2.05) is 5.43 Å². The summed E-state index contributed by atoms with van der Waals surface area (Å²) in [7, 11) is -3.72. The molecule has 1 aromatic carbocycles. The Morgan fingerprint density at radius 3 is 2.21 bits per heavy atom. The van der Waals surface area contributed by atoms with Crippen molar-refractivity contribution in [2.24, 2.45) is 11.0 Å². The number of carbonyl (C=O) groups is 1. The molecule has 0 aliphatic heterocycles. The van der Waals surface area contributed by atoms with Gasteiger partial charge >= 0.3 is 0 Å². The van der Waals surface area contributed by atoms with Gasteiger partial charge in [0.2, 0.25) is 10.0 Å². The summed E-state index contributed by atoms with van der Waals surface area (Å²) in [6.07, 6.45) is 0. The smallest absolute Gasteiger partial charge is 0.251 e. The lowest BCUT2D eigenvalue weighted by Gasteiger charge is -2.08. The van der Waals surface area contributed by atoms with E-state index in [1.165, 1.54) is 0 Å². The molecule has 0 radical (unpaired) electrons. The number of anilines is 1. The monoisotopic (exact) mass is 294 g/mol. The number of nitrogens with two attached hydrogens (primary N) is 2. The Hall–Kier alpha value is -1.78. The average Bonchev–Trinajstić information content (AvgIpc) is 2.26. The van der Waals surface area contributed by atoms with Crippen molar-refractivity contribution in [2.45, 2.75) is 0 Å². The minimum atomic E-state index is -3.72. The molecule has 1 aromatic rings. The van der Waals surface area contributed by atoms with Gasteiger partial charge in [-0.3, -0.25) is 10.6 Å². The van der Waals surface area contributed by atoms with E-state index in [0.29, 0.717) is 0 Å². The molecule has 7 nitrogen and oxygen atoms in total. The highest BCUT2D eigenvalue weighted by Gasteiger charge is 2.14. The number of nitrogens with one attached hydrogen (secondary N) is 2. The molecular weight excluding hydrogens is 282 g/mol. The Balaban J connectivity index is 2.78. The highest BCUT2D eigenvalue weighted by Crippen LogP contribution is 2.19. The number of halogens is 2. The normalized spacial score (nSPS) is 11.2. The summed E-state index contributed by atoms with van der Waals surface area (Å²) in [6.45, 7) is -0.266. The summed E-state index contributed by atoms with van der Waals surface area (Å²) in [5.74, 6) is 1.50. The molecule has 19 heavy (non-hydrogen) atoms. The summed E-state index contributed by atoms with van der Waals surface area (Å²) in [5, 5.41) is 6.89. The molecule has 0 atom stereocenters. The van der Waals surface area contributed by atoms with Crippen LogP contribution in [0.4, 0.5) is 14.5 Å². The molecule has 0 aromatic heterocycles. The van der Waals surface area contributed by atoms with Crippen molar-refractivity contribution in [2.75, 3.05) is 17.7 Å². The van der Waals surface area contributed by atoms with Crippen LogP contribution in [0.1, 0.15) is 10.4 Å². The highest BCUT2D eigenvalue weighted by molar-refractivity contribution is 7.89. The van der Waals surface area contributed by atoms with Crippen LogP contribution >= 0.6 is 0 Å². The molecule has 106 valence electrons. The fourth-order valence-electron chi connectivity index (χ4n) is 1.25. The minimum absolute atomic E-state index is 0.266.